The van der Waals surface area contributed by atoms with Gasteiger partial charge < -0.3 is 4.90 Å². The normalized spacial score (nSPS) is 12.5. The molecule has 1 amide bonds. The van der Waals surface area contributed by atoms with Gasteiger partial charge >= 0.3 is 0 Å². The summed E-state index contributed by atoms with van der Waals surface area (Å²) in [6.45, 7) is 6.73. The molecular weight excluding hydrogens is 214 g/mol. The lowest BCUT2D eigenvalue weighted by Crippen LogP contribution is -2.40. The van der Waals surface area contributed by atoms with Crippen LogP contribution >= 0.6 is 0 Å². The van der Waals surface area contributed by atoms with Gasteiger partial charge in [-0.3, -0.25) is 10.2 Å². The second kappa shape index (κ2) is 7.04. The lowest BCUT2D eigenvalue weighted by Gasteiger charge is -2.24. The Morgan fingerprint density at radius 1 is 1.29 bits per heavy atom. The van der Waals surface area contributed by atoms with E-state index in [0.717, 1.165) is 18.7 Å². The molecule has 1 atom stereocenters. The zero-order valence-electron chi connectivity index (χ0n) is 10.5. The zero-order chi connectivity index (χ0) is 12.7. The number of amides is 1. The lowest BCUT2D eigenvalue weighted by molar-refractivity contribution is -0.123. The molecule has 1 rings (SSSR count). The van der Waals surface area contributed by atoms with Gasteiger partial charge in [0, 0.05) is 6.54 Å². The highest BCUT2D eigenvalue weighted by Crippen LogP contribution is 2.17. The van der Waals surface area contributed by atoms with Crippen LogP contribution in [-0.2, 0) is 4.79 Å². The first kappa shape index (κ1) is 13.7. The minimum Gasteiger partial charge on any atom is -0.303 e. The molecule has 0 aliphatic carbocycles. The van der Waals surface area contributed by atoms with Crippen molar-refractivity contribution in [1.82, 2.24) is 10.3 Å². The van der Waals surface area contributed by atoms with Gasteiger partial charge in [-0.05, 0) is 18.7 Å². The van der Waals surface area contributed by atoms with Crippen molar-refractivity contribution >= 4 is 5.91 Å². The number of carbonyl (C=O) groups excluding carboxylic acids is 1. The molecule has 0 saturated heterocycles. The number of rotatable bonds is 6. The van der Waals surface area contributed by atoms with Gasteiger partial charge in [-0.25, -0.2) is 5.84 Å². The summed E-state index contributed by atoms with van der Waals surface area (Å²) in [4.78, 5) is 14.0. The highest BCUT2D eigenvalue weighted by Gasteiger charge is 2.21. The van der Waals surface area contributed by atoms with Gasteiger partial charge in [0.2, 0.25) is 5.91 Å². The van der Waals surface area contributed by atoms with Crippen LogP contribution in [0, 0.1) is 0 Å². The summed E-state index contributed by atoms with van der Waals surface area (Å²) in [5, 5.41) is 0. The molecule has 94 valence electrons. The second-order valence-corrected chi connectivity index (χ2v) is 3.96. The molecule has 4 nitrogen and oxygen atoms in total. The molecule has 0 spiro atoms. The van der Waals surface area contributed by atoms with E-state index in [1.165, 1.54) is 0 Å². The fourth-order valence-electron chi connectivity index (χ4n) is 1.87. The number of benzene rings is 1. The molecule has 0 aromatic heterocycles. The van der Waals surface area contributed by atoms with Crippen LogP contribution in [0.15, 0.2) is 30.3 Å². The minimum absolute atomic E-state index is 0.136. The third-order valence-electron chi connectivity index (χ3n) is 3.00. The Labute approximate surface area is 103 Å². The molecular formula is C13H21N3O. The van der Waals surface area contributed by atoms with E-state index in [0.29, 0.717) is 6.54 Å². The first-order valence-corrected chi connectivity index (χ1v) is 6.00. The van der Waals surface area contributed by atoms with Crippen LogP contribution in [0.4, 0.5) is 0 Å². The first-order chi connectivity index (χ1) is 8.22. The second-order valence-electron chi connectivity index (χ2n) is 3.96. The van der Waals surface area contributed by atoms with E-state index >= 15 is 0 Å². The molecule has 0 aliphatic rings. The SMILES string of the molecule is CCN(CC)CC(C(=O)NN)c1ccccc1. The van der Waals surface area contributed by atoms with Gasteiger partial charge in [0.25, 0.3) is 0 Å². The molecule has 0 bridgehead atoms. The average molecular weight is 235 g/mol. The number of nitrogens with two attached hydrogens (primary N) is 1. The summed E-state index contributed by atoms with van der Waals surface area (Å²) in [6.07, 6.45) is 0. The van der Waals surface area contributed by atoms with E-state index in [1.807, 2.05) is 30.3 Å². The van der Waals surface area contributed by atoms with E-state index < -0.39 is 0 Å². The van der Waals surface area contributed by atoms with Gasteiger partial charge in [-0.15, -0.1) is 0 Å². The molecule has 1 aromatic carbocycles. The molecule has 0 saturated carbocycles. The third kappa shape index (κ3) is 3.84. The maximum absolute atomic E-state index is 11.8. The Balaban J connectivity index is 2.85. The molecule has 0 heterocycles. The van der Waals surface area contributed by atoms with Crippen LogP contribution in [0.5, 0.6) is 0 Å². The number of nitrogens with zero attached hydrogens (tertiary/aromatic N) is 1. The summed E-state index contributed by atoms with van der Waals surface area (Å²) < 4.78 is 0. The van der Waals surface area contributed by atoms with Crippen LogP contribution in [0.2, 0.25) is 0 Å². The van der Waals surface area contributed by atoms with Crippen LogP contribution < -0.4 is 11.3 Å². The van der Waals surface area contributed by atoms with Gasteiger partial charge in [0.15, 0.2) is 0 Å². The van der Waals surface area contributed by atoms with E-state index in [4.69, 9.17) is 5.84 Å². The highest BCUT2D eigenvalue weighted by molar-refractivity contribution is 5.83. The van der Waals surface area contributed by atoms with Crippen molar-refractivity contribution < 1.29 is 4.79 Å². The number of likely N-dealkylation sites (N-methyl/N-ethyl adjacent to an activating group) is 1. The van der Waals surface area contributed by atoms with E-state index in [-0.39, 0.29) is 11.8 Å². The lowest BCUT2D eigenvalue weighted by atomic mass is 9.97. The fourth-order valence-corrected chi connectivity index (χ4v) is 1.87. The summed E-state index contributed by atoms with van der Waals surface area (Å²) in [5.74, 6) is 4.91. The van der Waals surface area contributed by atoms with Gasteiger partial charge in [-0.2, -0.15) is 0 Å². The van der Waals surface area contributed by atoms with Crippen molar-refractivity contribution in [3.05, 3.63) is 35.9 Å². The smallest absolute Gasteiger partial charge is 0.242 e. The standard InChI is InChI=1S/C13H21N3O/c1-3-16(4-2)10-12(13(17)15-14)11-8-6-5-7-9-11/h5-9,12H,3-4,10,14H2,1-2H3,(H,15,17). The summed E-state index contributed by atoms with van der Waals surface area (Å²) in [7, 11) is 0. The molecule has 1 aromatic rings. The van der Waals surface area contributed by atoms with Crippen LogP contribution in [0.25, 0.3) is 0 Å². The molecule has 1 unspecified atom stereocenters. The Hall–Kier alpha value is -1.39. The van der Waals surface area contributed by atoms with Crippen molar-refractivity contribution in [2.45, 2.75) is 19.8 Å². The maximum atomic E-state index is 11.8. The fraction of sp³-hybridized carbons (Fsp3) is 0.462. The summed E-state index contributed by atoms with van der Waals surface area (Å²) in [6, 6.07) is 9.74. The number of hydrogen-bond acceptors (Lipinski definition) is 3. The molecule has 0 fully saturated rings. The summed E-state index contributed by atoms with van der Waals surface area (Å²) >= 11 is 0. The van der Waals surface area contributed by atoms with E-state index in [9.17, 15) is 4.79 Å². The van der Waals surface area contributed by atoms with Crippen LogP contribution in [0.3, 0.4) is 0 Å². The molecule has 0 radical (unpaired) electrons. The number of hydrazine groups is 1. The monoisotopic (exact) mass is 235 g/mol. The van der Waals surface area contributed by atoms with Crippen molar-refractivity contribution in [3.8, 4) is 0 Å². The molecule has 0 aliphatic heterocycles. The van der Waals surface area contributed by atoms with Gasteiger partial charge in [0.1, 0.15) is 0 Å². The highest BCUT2D eigenvalue weighted by atomic mass is 16.2. The van der Waals surface area contributed by atoms with Crippen molar-refractivity contribution in [1.29, 1.82) is 0 Å². The van der Waals surface area contributed by atoms with Gasteiger partial charge in [-0.1, -0.05) is 44.2 Å². The van der Waals surface area contributed by atoms with Crippen molar-refractivity contribution in [2.75, 3.05) is 19.6 Å². The maximum Gasteiger partial charge on any atom is 0.242 e. The first-order valence-electron chi connectivity index (χ1n) is 6.00. The Bertz CT molecular complexity index is 336. The predicted molar refractivity (Wildman–Crippen MR) is 69.3 cm³/mol. The Morgan fingerprint density at radius 2 is 1.88 bits per heavy atom. The van der Waals surface area contributed by atoms with Crippen LogP contribution in [-0.4, -0.2) is 30.4 Å². The van der Waals surface area contributed by atoms with E-state index in [2.05, 4.69) is 24.2 Å². The molecule has 3 N–H and O–H groups in total. The third-order valence-corrected chi connectivity index (χ3v) is 3.00. The molecule has 4 heteroatoms. The van der Waals surface area contributed by atoms with Crippen LogP contribution in [0.1, 0.15) is 25.3 Å². The average Bonchev–Trinajstić information content (AvgIpc) is 2.40. The number of nitrogens with one attached hydrogen (secondary N) is 1. The number of carbonyl (C=O) groups is 1. The van der Waals surface area contributed by atoms with Gasteiger partial charge in [0.05, 0.1) is 5.92 Å². The van der Waals surface area contributed by atoms with E-state index in [1.54, 1.807) is 0 Å². The minimum atomic E-state index is -0.207. The topological polar surface area (TPSA) is 58.4 Å². The zero-order valence-corrected chi connectivity index (χ0v) is 10.5. The van der Waals surface area contributed by atoms with Crippen molar-refractivity contribution in [2.24, 2.45) is 5.84 Å². The Morgan fingerprint density at radius 3 is 2.35 bits per heavy atom. The molecule has 17 heavy (non-hydrogen) atoms. The number of hydrogen-bond donors (Lipinski definition) is 2. The Kier molecular flexibility index (Phi) is 5.66. The summed E-state index contributed by atoms with van der Waals surface area (Å²) in [5.41, 5.74) is 3.25. The largest absolute Gasteiger partial charge is 0.303 e. The predicted octanol–water partition coefficient (Wildman–Crippen LogP) is 1.10. The van der Waals surface area contributed by atoms with Crippen molar-refractivity contribution in [3.63, 3.8) is 0 Å². The quantitative estimate of drug-likeness (QED) is 0.441.